The molecule has 6 heteroatoms. The first kappa shape index (κ1) is 9.24. The van der Waals surface area contributed by atoms with Gasteiger partial charge >= 0.3 is 5.97 Å². The van der Waals surface area contributed by atoms with Crippen molar-refractivity contribution in [1.29, 1.82) is 0 Å². The van der Waals surface area contributed by atoms with Gasteiger partial charge in [-0.2, -0.15) is 10.1 Å². The second-order valence-electron chi connectivity index (χ2n) is 2.06. The highest BCUT2D eigenvalue weighted by molar-refractivity contribution is 5.82. The minimum Gasteiger partial charge on any atom is -0.463 e. The molecule has 0 spiro atoms. The molecule has 0 saturated heterocycles. The Kier molecular flexibility index (Phi) is 3.49. The molecular formula is C7H10N4O2. The quantitative estimate of drug-likeness (QED) is 0.517. The van der Waals surface area contributed by atoms with Gasteiger partial charge in [-0.25, -0.2) is 9.89 Å². The number of aromatic amines is 1. The molecule has 0 unspecified atom stereocenters. The second-order valence-corrected chi connectivity index (χ2v) is 2.06. The van der Waals surface area contributed by atoms with Gasteiger partial charge in [-0.1, -0.05) is 0 Å². The van der Waals surface area contributed by atoms with Gasteiger partial charge in [0.25, 0.3) is 0 Å². The Balaban J connectivity index is 2.29. The molecular weight excluding hydrogens is 172 g/mol. The molecule has 70 valence electrons. The predicted octanol–water partition coefficient (Wildman–Crippen LogP) is 0.293. The van der Waals surface area contributed by atoms with Crippen LogP contribution in [-0.2, 0) is 9.53 Å². The summed E-state index contributed by atoms with van der Waals surface area (Å²) in [5.74, 6) is 0.0788. The van der Waals surface area contributed by atoms with Crippen molar-refractivity contribution >= 4 is 11.9 Å². The number of esters is 1. The normalized spacial score (nSPS) is 10.2. The van der Waals surface area contributed by atoms with E-state index in [1.165, 1.54) is 18.6 Å². The van der Waals surface area contributed by atoms with E-state index in [0.29, 0.717) is 12.6 Å². The Morgan fingerprint density at radius 3 is 3.31 bits per heavy atom. The molecule has 0 aromatic carbocycles. The Hall–Kier alpha value is -1.85. The highest BCUT2D eigenvalue weighted by atomic mass is 16.5. The minimum atomic E-state index is -0.394. The van der Waals surface area contributed by atoms with Crippen LogP contribution in [-0.4, -0.2) is 27.8 Å². The molecule has 0 aliphatic heterocycles. The summed E-state index contributed by atoms with van der Waals surface area (Å²) in [4.78, 5) is 14.6. The number of ether oxygens (including phenoxy) is 1. The van der Waals surface area contributed by atoms with E-state index in [9.17, 15) is 4.79 Å². The number of H-pyrrole nitrogens is 1. The average molecular weight is 182 g/mol. The molecule has 0 radical (unpaired) electrons. The van der Waals surface area contributed by atoms with Crippen molar-refractivity contribution in [3.8, 4) is 0 Å². The fourth-order valence-electron chi connectivity index (χ4n) is 0.654. The van der Waals surface area contributed by atoms with Gasteiger partial charge in [0.2, 0.25) is 5.95 Å². The number of nitrogens with zero attached hydrogens (tertiary/aromatic N) is 2. The topological polar surface area (TPSA) is 79.9 Å². The van der Waals surface area contributed by atoms with E-state index < -0.39 is 5.97 Å². The van der Waals surface area contributed by atoms with Crippen molar-refractivity contribution < 1.29 is 9.53 Å². The summed E-state index contributed by atoms with van der Waals surface area (Å²) in [6.07, 6.45) is 4.06. The van der Waals surface area contributed by atoms with Crippen LogP contribution in [0.3, 0.4) is 0 Å². The number of carbonyl (C=O) groups is 1. The molecule has 2 N–H and O–H groups in total. The highest BCUT2D eigenvalue weighted by Crippen LogP contribution is 1.91. The molecule has 0 fully saturated rings. The van der Waals surface area contributed by atoms with Crippen LogP contribution in [0.1, 0.15) is 6.92 Å². The van der Waals surface area contributed by atoms with E-state index in [1.54, 1.807) is 6.92 Å². The van der Waals surface area contributed by atoms with Crippen LogP contribution >= 0.6 is 0 Å². The average Bonchev–Trinajstić information content (AvgIpc) is 2.57. The third-order valence-electron chi connectivity index (χ3n) is 1.14. The summed E-state index contributed by atoms with van der Waals surface area (Å²) in [6.45, 7) is 2.11. The maximum Gasteiger partial charge on any atom is 0.332 e. The largest absolute Gasteiger partial charge is 0.463 e. The van der Waals surface area contributed by atoms with Crippen molar-refractivity contribution in [2.24, 2.45) is 0 Å². The van der Waals surface area contributed by atoms with Crippen LogP contribution in [0.25, 0.3) is 0 Å². The molecule has 1 rings (SSSR count). The molecule has 0 saturated carbocycles. The molecule has 0 bridgehead atoms. The Bertz CT molecular complexity index is 281. The first-order valence-corrected chi connectivity index (χ1v) is 3.78. The molecule has 0 amide bonds. The summed E-state index contributed by atoms with van der Waals surface area (Å²) >= 11 is 0. The number of carbonyl (C=O) groups excluding carboxylic acids is 1. The first-order valence-electron chi connectivity index (χ1n) is 3.78. The van der Waals surface area contributed by atoms with Gasteiger partial charge in [0.05, 0.1) is 6.61 Å². The molecule has 6 nitrogen and oxygen atoms in total. The maximum atomic E-state index is 10.8. The van der Waals surface area contributed by atoms with Gasteiger partial charge in [-0.05, 0) is 6.92 Å². The van der Waals surface area contributed by atoms with Crippen LogP contribution in [0.4, 0.5) is 5.95 Å². The summed E-state index contributed by atoms with van der Waals surface area (Å²) in [7, 11) is 0. The Morgan fingerprint density at radius 1 is 1.85 bits per heavy atom. The lowest BCUT2D eigenvalue weighted by atomic mass is 10.6. The van der Waals surface area contributed by atoms with Gasteiger partial charge in [0.1, 0.15) is 6.33 Å². The van der Waals surface area contributed by atoms with Gasteiger partial charge < -0.3 is 10.1 Å². The highest BCUT2D eigenvalue weighted by Gasteiger charge is 1.93. The molecule has 1 heterocycles. The lowest BCUT2D eigenvalue weighted by Crippen LogP contribution is -2.00. The minimum absolute atomic E-state index is 0.367. The SMILES string of the molecule is CCOC(=O)C=CNc1ncn[nH]1. The number of anilines is 1. The standard InChI is InChI=1S/C7H10N4O2/c1-2-13-6(12)3-4-8-7-9-5-10-11-7/h3-5H,2H2,1H3,(H2,8,9,10,11). The van der Waals surface area contributed by atoms with Crippen molar-refractivity contribution in [2.45, 2.75) is 6.92 Å². The van der Waals surface area contributed by atoms with E-state index in [4.69, 9.17) is 0 Å². The van der Waals surface area contributed by atoms with Gasteiger partial charge in [0, 0.05) is 12.3 Å². The monoisotopic (exact) mass is 182 g/mol. The Morgan fingerprint density at radius 2 is 2.69 bits per heavy atom. The first-order chi connectivity index (χ1) is 6.33. The zero-order valence-corrected chi connectivity index (χ0v) is 7.15. The van der Waals surface area contributed by atoms with Crippen LogP contribution in [0.15, 0.2) is 18.6 Å². The summed E-state index contributed by atoms with van der Waals surface area (Å²) in [6, 6.07) is 0. The lowest BCUT2D eigenvalue weighted by molar-refractivity contribution is -0.137. The number of hydrogen-bond acceptors (Lipinski definition) is 5. The van der Waals surface area contributed by atoms with Gasteiger partial charge in [0.15, 0.2) is 0 Å². The van der Waals surface area contributed by atoms with Crippen molar-refractivity contribution in [1.82, 2.24) is 15.2 Å². The predicted molar refractivity (Wildman–Crippen MR) is 45.8 cm³/mol. The fraction of sp³-hybridized carbons (Fsp3) is 0.286. The van der Waals surface area contributed by atoms with Gasteiger partial charge in [-0.3, -0.25) is 0 Å². The van der Waals surface area contributed by atoms with E-state index in [1.807, 2.05) is 0 Å². The number of rotatable bonds is 4. The molecule has 13 heavy (non-hydrogen) atoms. The fourth-order valence-corrected chi connectivity index (χ4v) is 0.654. The second kappa shape index (κ2) is 4.91. The summed E-state index contributed by atoms with van der Waals surface area (Å²) in [5.41, 5.74) is 0. The van der Waals surface area contributed by atoms with Crippen molar-refractivity contribution in [3.63, 3.8) is 0 Å². The zero-order valence-electron chi connectivity index (χ0n) is 7.15. The van der Waals surface area contributed by atoms with E-state index in [2.05, 4.69) is 25.2 Å². The van der Waals surface area contributed by atoms with E-state index in [-0.39, 0.29) is 0 Å². The van der Waals surface area contributed by atoms with Crippen molar-refractivity contribution in [2.75, 3.05) is 11.9 Å². The van der Waals surface area contributed by atoms with Crippen LogP contribution < -0.4 is 5.32 Å². The number of nitrogens with one attached hydrogen (secondary N) is 2. The summed E-state index contributed by atoms with van der Waals surface area (Å²) < 4.78 is 4.65. The molecule has 1 aromatic heterocycles. The lowest BCUT2D eigenvalue weighted by Gasteiger charge is -1.94. The number of hydrogen-bond donors (Lipinski definition) is 2. The van der Waals surface area contributed by atoms with Crippen LogP contribution in [0.2, 0.25) is 0 Å². The smallest absolute Gasteiger partial charge is 0.332 e. The summed E-state index contributed by atoms with van der Waals surface area (Å²) in [5, 5.41) is 8.88. The molecule has 0 aliphatic carbocycles. The molecule has 0 atom stereocenters. The number of aromatic nitrogens is 3. The van der Waals surface area contributed by atoms with Crippen molar-refractivity contribution in [3.05, 3.63) is 18.6 Å². The molecule has 1 aromatic rings. The van der Waals surface area contributed by atoms with Gasteiger partial charge in [-0.15, -0.1) is 0 Å². The molecule has 0 aliphatic rings. The van der Waals surface area contributed by atoms with Crippen LogP contribution in [0.5, 0.6) is 0 Å². The Labute approximate surface area is 75.0 Å². The third kappa shape index (κ3) is 3.37. The van der Waals surface area contributed by atoms with E-state index >= 15 is 0 Å². The maximum absolute atomic E-state index is 10.8. The third-order valence-corrected chi connectivity index (χ3v) is 1.14. The van der Waals surface area contributed by atoms with E-state index in [0.717, 1.165) is 0 Å². The zero-order chi connectivity index (χ0) is 9.52. The van der Waals surface area contributed by atoms with Crippen LogP contribution in [0, 0.1) is 0 Å².